The monoisotopic (exact) mass is 276 g/mol. The van der Waals surface area contributed by atoms with Crippen LogP contribution in [0.4, 0.5) is 0 Å². The summed E-state index contributed by atoms with van der Waals surface area (Å²) in [6, 6.07) is 4.15. The first kappa shape index (κ1) is 15.5. The Balaban J connectivity index is 1.95. The van der Waals surface area contributed by atoms with Gasteiger partial charge in [-0.25, -0.2) is 0 Å². The van der Waals surface area contributed by atoms with Crippen molar-refractivity contribution in [3.8, 4) is 0 Å². The molecule has 3 heteroatoms. The molecule has 112 valence electrons. The van der Waals surface area contributed by atoms with E-state index in [2.05, 4.69) is 42.8 Å². The number of nitrogens with zero attached hydrogens (tertiary/aromatic N) is 2. The minimum Gasteiger partial charge on any atom is -0.393 e. The highest BCUT2D eigenvalue weighted by Gasteiger charge is 2.34. The summed E-state index contributed by atoms with van der Waals surface area (Å²) in [5, 5.41) is 10.3. The third-order valence-electron chi connectivity index (χ3n) is 4.57. The molecule has 0 aliphatic heterocycles. The summed E-state index contributed by atoms with van der Waals surface area (Å²) < 4.78 is 0. The van der Waals surface area contributed by atoms with E-state index in [9.17, 15) is 5.11 Å². The molecule has 20 heavy (non-hydrogen) atoms. The molecular weight excluding hydrogens is 248 g/mol. The van der Waals surface area contributed by atoms with Crippen LogP contribution in [-0.4, -0.2) is 34.2 Å². The molecule has 1 aliphatic carbocycles. The maximum Gasteiger partial charge on any atom is 0.0581 e. The third kappa shape index (κ3) is 4.29. The lowest BCUT2D eigenvalue weighted by Crippen LogP contribution is -2.41. The number of hydrogen-bond donors (Lipinski definition) is 1. The highest BCUT2D eigenvalue weighted by atomic mass is 16.3. The van der Waals surface area contributed by atoms with Gasteiger partial charge in [0, 0.05) is 25.5 Å². The van der Waals surface area contributed by atoms with Crippen molar-refractivity contribution in [3.63, 3.8) is 0 Å². The number of aromatic nitrogens is 1. The smallest absolute Gasteiger partial charge is 0.0581 e. The number of aliphatic hydroxyl groups excluding tert-OH is 1. The summed E-state index contributed by atoms with van der Waals surface area (Å²) >= 11 is 0. The van der Waals surface area contributed by atoms with Crippen molar-refractivity contribution in [2.24, 2.45) is 11.3 Å². The number of hydrogen-bond acceptors (Lipinski definition) is 3. The lowest BCUT2D eigenvalue weighted by molar-refractivity contribution is 0.00372. The molecule has 1 fully saturated rings. The van der Waals surface area contributed by atoms with Crippen molar-refractivity contribution in [2.45, 2.75) is 52.7 Å². The van der Waals surface area contributed by atoms with Gasteiger partial charge in [-0.3, -0.25) is 9.88 Å². The summed E-state index contributed by atoms with van der Waals surface area (Å²) in [5.41, 5.74) is 1.67. The van der Waals surface area contributed by atoms with Gasteiger partial charge in [0.25, 0.3) is 0 Å². The summed E-state index contributed by atoms with van der Waals surface area (Å²) in [6.45, 7) is 9.80. The average molecular weight is 276 g/mol. The summed E-state index contributed by atoms with van der Waals surface area (Å²) in [4.78, 5) is 6.50. The Labute approximate surface area is 123 Å². The van der Waals surface area contributed by atoms with Crippen molar-refractivity contribution in [1.29, 1.82) is 0 Å². The number of pyridine rings is 1. The quantitative estimate of drug-likeness (QED) is 0.898. The van der Waals surface area contributed by atoms with Gasteiger partial charge in [0.1, 0.15) is 0 Å². The second-order valence-corrected chi connectivity index (χ2v) is 6.92. The SMILES string of the molecule is CCN(Cc1ccncc1)CC1CC(C)(C)CCC1O. The summed E-state index contributed by atoms with van der Waals surface area (Å²) in [7, 11) is 0. The molecule has 0 bridgehead atoms. The molecule has 1 saturated carbocycles. The maximum absolute atomic E-state index is 10.3. The lowest BCUT2D eigenvalue weighted by atomic mass is 9.70. The lowest BCUT2D eigenvalue weighted by Gasteiger charge is -2.40. The van der Waals surface area contributed by atoms with E-state index < -0.39 is 0 Å². The molecule has 2 rings (SSSR count). The van der Waals surface area contributed by atoms with Crippen LogP contribution in [0.25, 0.3) is 0 Å². The fourth-order valence-electron chi connectivity index (χ4n) is 3.29. The molecule has 2 unspecified atom stereocenters. The van der Waals surface area contributed by atoms with Gasteiger partial charge in [-0.1, -0.05) is 20.8 Å². The number of aliphatic hydroxyl groups is 1. The van der Waals surface area contributed by atoms with Gasteiger partial charge in [0.15, 0.2) is 0 Å². The molecule has 0 amide bonds. The van der Waals surface area contributed by atoms with Crippen LogP contribution in [0.1, 0.15) is 45.6 Å². The van der Waals surface area contributed by atoms with Crippen molar-refractivity contribution in [3.05, 3.63) is 30.1 Å². The van der Waals surface area contributed by atoms with E-state index in [1.165, 1.54) is 5.56 Å². The molecule has 2 atom stereocenters. The molecular formula is C17H28N2O. The Morgan fingerprint density at radius 2 is 2.05 bits per heavy atom. The molecule has 1 aliphatic rings. The molecule has 3 nitrogen and oxygen atoms in total. The van der Waals surface area contributed by atoms with E-state index >= 15 is 0 Å². The van der Waals surface area contributed by atoms with E-state index in [0.29, 0.717) is 11.3 Å². The van der Waals surface area contributed by atoms with Crippen LogP contribution in [0.3, 0.4) is 0 Å². The Morgan fingerprint density at radius 3 is 2.70 bits per heavy atom. The molecule has 0 radical (unpaired) electrons. The van der Waals surface area contributed by atoms with Crippen LogP contribution >= 0.6 is 0 Å². The van der Waals surface area contributed by atoms with Gasteiger partial charge in [0.05, 0.1) is 6.10 Å². The first-order valence-electron chi connectivity index (χ1n) is 7.79. The Kier molecular flexibility index (Phi) is 5.17. The van der Waals surface area contributed by atoms with E-state index in [4.69, 9.17) is 0 Å². The zero-order valence-corrected chi connectivity index (χ0v) is 13.0. The molecule has 1 aromatic heterocycles. The second kappa shape index (κ2) is 6.68. The Bertz CT molecular complexity index is 405. The molecule has 1 aromatic rings. The first-order chi connectivity index (χ1) is 9.50. The van der Waals surface area contributed by atoms with Gasteiger partial charge >= 0.3 is 0 Å². The van der Waals surface area contributed by atoms with Crippen molar-refractivity contribution < 1.29 is 5.11 Å². The summed E-state index contributed by atoms with van der Waals surface area (Å²) in [6.07, 6.45) is 6.78. The number of rotatable bonds is 5. The van der Waals surface area contributed by atoms with Crippen LogP contribution in [-0.2, 0) is 6.54 Å². The fourth-order valence-corrected chi connectivity index (χ4v) is 3.29. The van der Waals surface area contributed by atoms with Gasteiger partial charge in [-0.2, -0.15) is 0 Å². The Morgan fingerprint density at radius 1 is 1.35 bits per heavy atom. The zero-order valence-electron chi connectivity index (χ0n) is 13.0. The average Bonchev–Trinajstić information content (AvgIpc) is 2.43. The molecule has 0 aromatic carbocycles. The standard InChI is InChI=1S/C17H28N2O/c1-4-19(12-14-6-9-18-10-7-14)13-15-11-17(2,3)8-5-16(15)20/h6-7,9-10,15-16,20H,4-5,8,11-13H2,1-3H3. The highest BCUT2D eigenvalue weighted by molar-refractivity contribution is 5.09. The topological polar surface area (TPSA) is 36.4 Å². The van der Waals surface area contributed by atoms with E-state index in [-0.39, 0.29) is 6.10 Å². The largest absolute Gasteiger partial charge is 0.393 e. The van der Waals surface area contributed by atoms with Crippen molar-refractivity contribution in [2.75, 3.05) is 13.1 Å². The van der Waals surface area contributed by atoms with Crippen molar-refractivity contribution >= 4 is 0 Å². The Hall–Kier alpha value is -0.930. The highest BCUT2D eigenvalue weighted by Crippen LogP contribution is 2.39. The minimum absolute atomic E-state index is 0.130. The van der Waals surface area contributed by atoms with Crippen LogP contribution in [0.2, 0.25) is 0 Å². The van der Waals surface area contributed by atoms with Gasteiger partial charge in [-0.05, 0) is 54.8 Å². The van der Waals surface area contributed by atoms with E-state index in [0.717, 1.165) is 38.9 Å². The normalized spacial score (nSPS) is 25.9. The van der Waals surface area contributed by atoms with Crippen LogP contribution < -0.4 is 0 Å². The fraction of sp³-hybridized carbons (Fsp3) is 0.706. The van der Waals surface area contributed by atoms with Crippen LogP contribution in [0.5, 0.6) is 0 Å². The van der Waals surface area contributed by atoms with Crippen molar-refractivity contribution in [1.82, 2.24) is 9.88 Å². The van der Waals surface area contributed by atoms with Crippen LogP contribution in [0.15, 0.2) is 24.5 Å². The zero-order chi connectivity index (χ0) is 14.6. The molecule has 0 saturated heterocycles. The molecule has 1 heterocycles. The molecule has 0 spiro atoms. The van der Waals surface area contributed by atoms with Gasteiger partial charge < -0.3 is 5.11 Å². The predicted octanol–water partition coefficient (Wildman–Crippen LogP) is 3.09. The van der Waals surface area contributed by atoms with Gasteiger partial charge in [0.2, 0.25) is 0 Å². The van der Waals surface area contributed by atoms with Gasteiger partial charge in [-0.15, -0.1) is 0 Å². The third-order valence-corrected chi connectivity index (χ3v) is 4.57. The molecule has 1 N–H and O–H groups in total. The first-order valence-corrected chi connectivity index (χ1v) is 7.79. The summed E-state index contributed by atoms with van der Waals surface area (Å²) in [5.74, 6) is 0.403. The maximum atomic E-state index is 10.3. The minimum atomic E-state index is -0.130. The second-order valence-electron chi connectivity index (χ2n) is 6.92. The predicted molar refractivity (Wildman–Crippen MR) is 82.3 cm³/mol. The van der Waals surface area contributed by atoms with Crippen LogP contribution in [0, 0.1) is 11.3 Å². The van der Waals surface area contributed by atoms with E-state index in [1.807, 2.05) is 12.4 Å². The van der Waals surface area contributed by atoms with E-state index in [1.54, 1.807) is 0 Å².